The van der Waals surface area contributed by atoms with Crippen molar-refractivity contribution in [2.45, 2.75) is 20.4 Å². The van der Waals surface area contributed by atoms with Gasteiger partial charge in [-0.3, -0.25) is 4.90 Å². The summed E-state index contributed by atoms with van der Waals surface area (Å²) in [7, 11) is 0. The van der Waals surface area contributed by atoms with Gasteiger partial charge in [-0.05, 0) is 19.4 Å². The van der Waals surface area contributed by atoms with E-state index < -0.39 is 0 Å². The molecular formula is C17H19N3O3S. The number of carbonyl (C=O) groups is 2. The van der Waals surface area contributed by atoms with Crippen molar-refractivity contribution in [1.82, 2.24) is 9.88 Å². The molecule has 2 heterocycles. The summed E-state index contributed by atoms with van der Waals surface area (Å²) in [4.78, 5) is 32.8. The minimum atomic E-state index is -0.383. The molecule has 7 heteroatoms. The molecule has 2 aromatic rings. The van der Waals surface area contributed by atoms with Gasteiger partial charge in [0.1, 0.15) is 4.88 Å². The smallest absolute Gasteiger partial charge is 0.350 e. The number of rotatable bonds is 5. The lowest BCUT2D eigenvalue weighted by molar-refractivity contribution is 0.0531. The van der Waals surface area contributed by atoms with Crippen LogP contribution in [0.3, 0.4) is 0 Å². The first kappa shape index (κ1) is 16.4. The second kappa shape index (κ2) is 7.00. The van der Waals surface area contributed by atoms with Crippen LogP contribution in [-0.4, -0.2) is 41.6 Å². The Balaban J connectivity index is 1.73. The van der Waals surface area contributed by atoms with Crippen LogP contribution in [0.2, 0.25) is 0 Å². The van der Waals surface area contributed by atoms with Gasteiger partial charge in [-0.15, -0.1) is 0 Å². The minimum Gasteiger partial charge on any atom is -0.462 e. The van der Waals surface area contributed by atoms with E-state index in [2.05, 4.69) is 4.98 Å². The van der Waals surface area contributed by atoms with Gasteiger partial charge in [0.05, 0.1) is 12.3 Å². The Labute approximate surface area is 144 Å². The summed E-state index contributed by atoms with van der Waals surface area (Å²) in [5.41, 5.74) is 1.69. The molecular weight excluding hydrogens is 326 g/mol. The molecule has 1 aromatic carbocycles. The van der Waals surface area contributed by atoms with E-state index in [-0.39, 0.29) is 12.0 Å². The van der Waals surface area contributed by atoms with E-state index in [0.29, 0.717) is 41.9 Å². The molecule has 6 nitrogen and oxygen atoms in total. The summed E-state index contributed by atoms with van der Waals surface area (Å²) in [6.07, 6.45) is 0. The van der Waals surface area contributed by atoms with Gasteiger partial charge in [0.25, 0.3) is 0 Å². The van der Waals surface area contributed by atoms with Crippen molar-refractivity contribution in [2.24, 2.45) is 0 Å². The topological polar surface area (TPSA) is 62.7 Å². The SMILES string of the molecule is CCOC(=O)c1sc(N2CCN(Cc3ccccc3)C2=O)nc1C. The van der Waals surface area contributed by atoms with Gasteiger partial charge < -0.3 is 9.64 Å². The van der Waals surface area contributed by atoms with Crippen LogP contribution in [-0.2, 0) is 11.3 Å². The van der Waals surface area contributed by atoms with Crippen LogP contribution in [0.5, 0.6) is 0 Å². The van der Waals surface area contributed by atoms with Gasteiger partial charge in [-0.2, -0.15) is 0 Å². The Hall–Kier alpha value is -2.41. The molecule has 1 aromatic heterocycles. The van der Waals surface area contributed by atoms with Gasteiger partial charge in [-0.25, -0.2) is 14.6 Å². The van der Waals surface area contributed by atoms with Crippen LogP contribution in [0.15, 0.2) is 30.3 Å². The fourth-order valence-corrected chi connectivity index (χ4v) is 3.57. The zero-order valence-electron chi connectivity index (χ0n) is 13.7. The molecule has 0 N–H and O–H groups in total. The van der Waals surface area contributed by atoms with Crippen LogP contribution in [0, 0.1) is 6.92 Å². The Morgan fingerprint density at radius 1 is 1.29 bits per heavy atom. The lowest BCUT2D eigenvalue weighted by atomic mass is 10.2. The molecule has 0 bridgehead atoms. The summed E-state index contributed by atoms with van der Waals surface area (Å²) in [5.74, 6) is -0.383. The Kier molecular flexibility index (Phi) is 4.80. The van der Waals surface area contributed by atoms with Crippen molar-refractivity contribution in [3.63, 3.8) is 0 Å². The van der Waals surface area contributed by atoms with E-state index in [1.807, 2.05) is 30.3 Å². The maximum absolute atomic E-state index is 12.6. The maximum atomic E-state index is 12.6. The molecule has 1 aliphatic rings. The first-order valence-corrected chi connectivity index (χ1v) is 8.66. The Morgan fingerprint density at radius 3 is 2.75 bits per heavy atom. The van der Waals surface area contributed by atoms with Gasteiger partial charge in [0.2, 0.25) is 0 Å². The number of esters is 1. The second-order valence-corrected chi connectivity index (χ2v) is 6.45. The van der Waals surface area contributed by atoms with Crippen LogP contribution in [0.4, 0.5) is 9.93 Å². The molecule has 1 aliphatic heterocycles. The highest BCUT2D eigenvalue weighted by atomic mass is 32.1. The molecule has 126 valence electrons. The first-order valence-electron chi connectivity index (χ1n) is 7.85. The highest BCUT2D eigenvalue weighted by Gasteiger charge is 2.32. The predicted octanol–water partition coefficient (Wildman–Crippen LogP) is 3.07. The zero-order valence-corrected chi connectivity index (χ0v) is 14.5. The lowest BCUT2D eigenvalue weighted by Crippen LogP contribution is -2.31. The average molecular weight is 345 g/mol. The van der Waals surface area contributed by atoms with Gasteiger partial charge in [-0.1, -0.05) is 41.7 Å². The number of hydrogen-bond acceptors (Lipinski definition) is 5. The number of anilines is 1. The van der Waals surface area contributed by atoms with Crippen LogP contribution < -0.4 is 4.90 Å². The van der Waals surface area contributed by atoms with Crippen LogP contribution >= 0.6 is 11.3 Å². The van der Waals surface area contributed by atoms with Crippen molar-refractivity contribution >= 4 is 28.5 Å². The van der Waals surface area contributed by atoms with E-state index in [0.717, 1.165) is 5.56 Å². The number of aryl methyl sites for hydroxylation is 1. The number of benzene rings is 1. The molecule has 0 saturated carbocycles. The van der Waals surface area contributed by atoms with E-state index in [4.69, 9.17) is 4.74 Å². The summed E-state index contributed by atoms with van der Waals surface area (Å²) in [5, 5.41) is 0.552. The lowest BCUT2D eigenvalue weighted by Gasteiger charge is -2.16. The highest BCUT2D eigenvalue weighted by Crippen LogP contribution is 2.29. The number of aromatic nitrogens is 1. The van der Waals surface area contributed by atoms with E-state index in [1.54, 1.807) is 23.6 Å². The largest absolute Gasteiger partial charge is 0.462 e. The zero-order chi connectivity index (χ0) is 17.1. The second-order valence-electron chi connectivity index (χ2n) is 5.47. The van der Waals surface area contributed by atoms with Gasteiger partial charge in [0, 0.05) is 19.6 Å². The minimum absolute atomic E-state index is 0.0805. The Morgan fingerprint density at radius 2 is 2.04 bits per heavy atom. The molecule has 0 atom stereocenters. The summed E-state index contributed by atoms with van der Waals surface area (Å²) in [6, 6.07) is 9.80. The number of thiazole rings is 1. The molecule has 3 rings (SSSR count). The predicted molar refractivity (Wildman–Crippen MR) is 92.4 cm³/mol. The van der Waals surface area contributed by atoms with E-state index in [9.17, 15) is 9.59 Å². The molecule has 2 amide bonds. The average Bonchev–Trinajstić information content (AvgIpc) is 3.12. The number of ether oxygens (including phenoxy) is 1. The molecule has 1 saturated heterocycles. The quantitative estimate of drug-likeness (QED) is 0.781. The van der Waals surface area contributed by atoms with E-state index >= 15 is 0 Å². The third kappa shape index (κ3) is 3.26. The van der Waals surface area contributed by atoms with Crippen LogP contribution in [0.25, 0.3) is 0 Å². The fourth-order valence-electron chi connectivity index (χ4n) is 2.59. The first-order chi connectivity index (χ1) is 11.6. The Bertz CT molecular complexity index is 745. The number of hydrogen-bond donors (Lipinski definition) is 0. The third-order valence-corrected chi connectivity index (χ3v) is 4.95. The normalized spacial score (nSPS) is 14.3. The van der Waals surface area contributed by atoms with Crippen molar-refractivity contribution in [3.05, 3.63) is 46.5 Å². The van der Waals surface area contributed by atoms with Crippen molar-refractivity contribution in [1.29, 1.82) is 0 Å². The molecule has 1 fully saturated rings. The van der Waals surface area contributed by atoms with E-state index in [1.165, 1.54) is 11.3 Å². The molecule has 0 radical (unpaired) electrons. The molecule has 0 spiro atoms. The van der Waals surface area contributed by atoms with Crippen molar-refractivity contribution in [3.8, 4) is 0 Å². The van der Waals surface area contributed by atoms with Gasteiger partial charge in [0.15, 0.2) is 5.13 Å². The van der Waals surface area contributed by atoms with Crippen molar-refractivity contribution < 1.29 is 14.3 Å². The fraction of sp³-hybridized carbons (Fsp3) is 0.353. The maximum Gasteiger partial charge on any atom is 0.350 e. The molecule has 0 unspecified atom stereocenters. The van der Waals surface area contributed by atoms with Crippen LogP contribution in [0.1, 0.15) is 27.9 Å². The van der Waals surface area contributed by atoms with Gasteiger partial charge >= 0.3 is 12.0 Å². The third-order valence-electron chi connectivity index (χ3n) is 3.79. The number of amides is 2. The highest BCUT2D eigenvalue weighted by molar-refractivity contribution is 7.17. The molecule has 24 heavy (non-hydrogen) atoms. The number of carbonyl (C=O) groups excluding carboxylic acids is 2. The standard InChI is InChI=1S/C17H19N3O3S/c1-3-23-15(21)14-12(2)18-16(24-14)20-10-9-19(17(20)22)11-13-7-5-4-6-8-13/h4-8H,3,9-11H2,1-2H3. The van der Waals surface area contributed by atoms with Crippen molar-refractivity contribution in [2.75, 3.05) is 24.6 Å². The molecule has 0 aliphatic carbocycles. The number of urea groups is 1. The monoisotopic (exact) mass is 345 g/mol. The summed E-state index contributed by atoms with van der Waals surface area (Å²) < 4.78 is 5.03. The summed E-state index contributed by atoms with van der Waals surface area (Å²) >= 11 is 1.21. The summed E-state index contributed by atoms with van der Waals surface area (Å²) in [6.45, 7) is 5.63. The number of nitrogens with zero attached hydrogens (tertiary/aromatic N) is 3.